The maximum absolute atomic E-state index is 6.14. The van der Waals surface area contributed by atoms with Crippen molar-refractivity contribution in [3.63, 3.8) is 0 Å². The molecule has 1 N–H and O–H groups in total. The van der Waals surface area contributed by atoms with E-state index in [9.17, 15) is 0 Å². The summed E-state index contributed by atoms with van der Waals surface area (Å²) in [4.78, 5) is 4.15. The summed E-state index contributed by atoms with van der Waals surface area (Å²) < 4.78 is 5.88. The number of ether oxygens (including phenoxy) is 1. The monoisotopic (exact) mass is 308 g/mol. The Morgan fingerprint density at radius 3 is 2.85 bits per heavy atom. The number of hydrogen-bond acceptors (Lipinski definition) is 3. The fraction of sp³-hybridized carbons (Fsp3) is 0.267. The van der Waals surface area contributed by atoms with Gasteiger partial charge in [-0.2, -0.15) is 0 Å². The number of nitrogens with one attached hydrogen (secondary N) is 1. The van der Waals surface area contributed by atoms with Gasteiger partial charge < -0.3 is 10.1 Å². The van der Waals surface area contributed by atoms with Crippen molar-refractivity contribution in [3.05, 3.63) is 52.3 Å². The lowest BCUT2D eigenvalue weighted by Crippen LogP contribution is -2.15. The van der Waals surface area contributed by atoms with E-state index in [4.69, 9.17) is 27.9 Å². The zero-order valence-electron chi connectivity index (χ0n) is 10.8. The molecule has 0 aliphatic heterocycles. The van der Waals surface area contributed by atoms with Crippen molar-refractivity contribution in [2.45, 2.75) is 25.4 Å². The highest BCUT2D eigenvalue weighted by molar-refractivity contribution is 6.42. The van der Waals surface area contributed by atoms with Crippen LogP contribution in [-0.4, -0.2) is 11.0 Å². The molecule has 1 saturated carbocycles. The molecule has 0 atom stereocenters. The second kappa shape index (κ2) is 6.00. The van der Waals surface area contributed by atoms with E-state index >= 15 is 0 Å². The summed E-state index contributed by atoms with van der Waals surface area (Å²) in [5.41, 5.74) is 1.01. The van der Waals surface area contributed by atoms with Crippen molar-refractivity contribution in [1.82, 2.24) is 10.3 Å². The Hall–Kier alpha value is -1.29. The number of rotatable bonds is 5. The van der Waals surface area contributed by atoms with Crippen molar-refractivity contribution in [3.8, 4) is 11.5 Å². The molecule has 1 heterocycles. The predicted molar refractivity (Wildman–Crippen MR) is 80.6 cm³/mol. The number of nitrogens with zero attached hydrogens (tertiary/aromatic N) is 1. The van der Waals surface area contributed by atoms with Crippen LogP contribution in [0.3, 0.4) is 0 Å². The molecule has 0 saturated heterocycles. The smallest absolute Gasteiger partial charge is 0.147 e. The lowest BCUT2D eigenvalue weighted by atomic mass is 10.2. The van der Waals surface area contributed by atoms with Gasteiger partial charge in [-0.15, -0.1) is 0 Å². The van der Waals surface area contributed by atoms with Gasteiger partial charge in [-0.25, -0.2) is 0 Å². The highest BCUT2D eigenvalue weighted by Crippen LogP contribution is 2.35. The SMILES string of the molecule is Clc1cccc(Oc2ccncc2CNC2CC2)c1Cl. The molecule has 1 fully saturated rings. The van der Waals surface area contributed by atoms with E-state index < -0.39 is 0 Å². The molecule has 0 bridgehead atoms. The highest BCUT2D eigenvalue weighted by atomic mass is 35.5. The van der Waals surface area contributed by atoms with Gasteiger partial charge in [0.1, 0.15) is 16.5 Å². The third kappa shape index (κ3) is 3.23. The van der Waals surface area contributed by atoms with E-state index in [0.29, 0.717) is 21.8 Å². The predicted octanol–water partition coefficient (Wildman–Crippen LogP) is 4.43. The van der Waals surface area contributed by atoms with Crippen LogP contribution < -0.4 is 10.1 Å². The zero-order valence-corrected chi connectivity index (χ0v) is 12.3. The normalized spacial score (nSPS) is 14.3. The summed E-state index contributed by atoms with van der Waals surface area (Å²) in [5, 5.41) is 4.35. The van der Waals surface area contributed by atoms with Crippen LogP contribution >= 0.6 is 23.2 Å². The Balaban J connectivity index is 1.80. The molecule has 5 heteroatoms. The molecule has 104 valence electrons. The van der Waals surface area contributed by atoms with Gasteiger partial charge in [0.25, 0.3) is 0 Å². The first kappa shape index (κ1) is 13.7. The molecule has 1 aliphatic rings. The van der Waals surface area contributed by atoms with Gasteiger partial charge >= 0.3 is 0 Å². The lowest BCUT2D eigenvalue weighted by Gasteiger charge is -2.12. The molecule has 2 aromatic rings. The average molecular weight is 309 g/mol. The fourth-order valence-corrected chi connectivity index (χ4v) is 2.20. The van der Waals surface area contributed by atoms with Gasteiger partial charge in [-0.05, 0) is 31.0 Å². The molecule has 1 aromatic heterocycles. The van der Waals surface area contributed by atoms with Crippen LogP contribution in [0, 0.1) is 0 Å². The second-order valence-corrected chi connectivity index (χ2v) is 5.58. The minimum Gasteiger partial charge on any atom is -0.455 e. The Morgan fingerprint density at radius 2 is 2.05 bits per heavy atom. The Morgan fingerprint density at radius 1 is 1.20 bits per heavy atom. The first-order chi connectivity index (χ1) is 9.74. The van der Waals surface area contributed by atoms with E-state index in [1.54, 1.807) is 18.3 Å². The third-order valence-electron chi connectivity index (χ3n) is 3.15. The largest absolute Gasteiger partial charge is 0.455 e. The van der Waals surface area contributed by atoms with Crippen molar-refractivity contribution >= 4 is 23.2 Å². The molecule has 0 unspecified atom stereocenters. The van der Waals surface area contributed by atoms with E-state index in [1.807, 2.05) is 18.3 Å². The first-order valence-corrected chi connectivity index (χ1v) is 7.28. The molecular formula is C15H14Cl2N2O. The molecule has 3 rings (SSSR count). The molecule has 0 spiro atoms. The summed E-state index contributed by atoms with van der Waals surface area (Å²) >= 11 is 12.1. The van der Waals surface area contributed by atoms with Gasteiger partial charge in [0.05, 0.1) is 5.02 Å². The van der Waals surface area contributed by atoms with Crippen LogP contribution in [0.5, 0.6) is 11.5 Å². The van der Waals surface area contributed by atoms with Gasteiger partial charge in [-0.1, -0.05) is 29.3 Å². The third-order valence-corrected chi connectivity index (χ3v) is 3.96. The molecule has 1 aromatic carbocycles. The van der Waals surface area contributed by atoms with Crippen molar-refractivity contribution in [2.75, 3.05) is 0 Å². The van der Waals surface area contributed by atoms with Crippen molar-refractivity contribution in [2.24, 2.45) is 0 Å². The Bertz CT molecular complexity index is 615. The minimum atomic E-state index is 0.423. The quantitative estimate of drug-likeness (QED) is 0.887. The standard InChI is InChI=1S/C15H14Cl2N2O/c16-12-2-1-3-14(15(12)17)20-13-6-7-18-8-10(13)9-19-11-4-5-11/h1-3,6-8,11,19H,4-5,9H2. The van der Waals surface area contributed by atoms with Gasteiger partial charge in [-0.3, -0.25) is 4.98 Å². The number of hydrogen-bond donors (Lipinski definition) is 1. The lowest BCUT2D eigenvalue weighted by molar-refractivity contribution is 0.471. The number of pyridine rings is 1. The Kier molecular flexibility index (Phi) is 4.10. The molecule has 3 nitrogen and oxygen atoms in total. The van der Waals surface area contributed by atoms with E-state index in [0.717, 1.165) is 17.9 Å². The number of halogens is 2. The number of benzene rings is 1. The molecule has 0 radical (unpaired) electrons. The molecule has 20 heavy (non-hydrogen) atoms. The van der Waals surface area contributed by atoms with Gasteiger partial charge in [0.15, 0.2) is 0 Å². The minimum absolute atomic E-state index is 0.423. The summed E-state index contributed by atoms with van der Waals surface area (Å²) in [5.74, 6) is 1.30. The molecular weight excluding hydrogens is 295 g/mol. The van der Waals surface area contributed by atoms with Crippen LogP contribution in [0.2, 0.25) is 10.0 Å². The average Bonchev–Trinajstić information content (AvgIpc) is 3.27. The maximum atomic E-state index is 6.14. The van der Waals surface area contributed by atoms with Crippen LogP contribution in [0.1, 0.15) is 18.4 Å². The van der Waals surface area contributed by atoms with Crippen molar-refractivity contribution in [1.29, 1.82) is 0 Å². The maximum Gasteiger partial charge on any atom is 0.147 e. The van der Waals surface area contributed by atoms with Crippen LogP contribution in [-0.2, 0) is 6.54 Å². The molecule has 0 amide bonds. The molecule has 1 aliphatic carbocycles. The summed E-state index contributed by atoms with van der Waals surface area (Å²) in [7, 11) is 0. The van der Waals surface area contributed by atoms with Crippen molar-refractivity contribution < 1.29 is 4.74 Å². The van der Waals surface area contributed by atoms with Gasteiger partial charge in [0, 0.05) is 30.5 Å². The Labute approximate surface area is 127 Å². The summed E-state index contributed by atoms with van der Waals surface area (Å²) in [6.45, 7) is 0.742. The van der Waals surface area contributed by atoms with E-state index in [-0.39, 0.29) is 0 Å². The summed E-state index contributed by atoms with van der Waals surface area (Å²) in [6.07, 6.45) is 6.00. The van der Waals surface area contributed by atoms with Crippen LogP contribution in [0.15, 0.2) is 36.7 Å². The highest BCUT2D eigenvalue weighted by Gasteiger charge is 2.20. The first-order valence-electron chi connectivity index (χ1n) is 6.52. The van der Waals surface area contributed by atoms with Crippen LogP contribution in [0.4, 0.5) is 0 Å². The topological polar surface area (TPSA) is 34.1 Å². The number of aromatic nitrogens is 1. The van der Waals surface area contributed by atoms with E-state index in [2.05, 4.69) is 10.3 Å². The zero-order chi connectivity index (χ0) is 13.9. The van der Waals surface area contributed by atoms with Crippen LogP contribution in [0.25, 0.3) is 0 Å². The van der Waals surface area contributed by atoms with Gasteiger partial charge in [0.2, 0.25) is 0 Å². The van der Waals surface area contributed by atoms with E-state index in [1.165, 1.54) is 12.8 Å². The fourth-order valence-electron chi connectivity index (χ4n) is 1.87. The second-order valence-electron chi connectivity index (χ2n) is 4.79. The summed E-state index contributed by atoms with van der Waals surface area (Å²) in [6, 6.07) is 7.82.